The molecule has 102 valence electrons. The fraction of sp³-hybridized carbons (Fsp3) is 0.316. The van der Waals surface area contributed by atoms with Crippen LogP contribution in [0.15, 0.2) is 59.6 Å². The highest BCUT2D eigenvalue weighted by atomic mass is 14.8. The predicted octanol–water partition coefficient (Wildman–Crippen LogP) is 4.56. The lowest BCUT2D eigenvalue weighted by Gasteiger charge is -2.22. The lowest BCUT2D eigenvalue weighted by atomic mass is 9.89. The van der Waals surface area contributed by atoms with Gasteiger partial charge in [0.25, 0.3) is 0 Å². The third kappa shape index (κ3) is 3.16. The van der Waals surface area contributed by atoms with Crippen molar-refractivity contribution in [3.8, 4) is 0 Å². The molecule has 0 N–H and O–H groups in total. The summed E-state index contributed by atoms with van der Waals surface area (Å²) in [6.45, 7) is 3.09. The van der Waals surface area contributed by atoms with Gasteiger partial charge in [0.05, 0.1) is 0 Å². The quantitative estimate of drug-likeness (QED) is 0.770. The van der Waals surface area contributed by atoms with Crippen molar-refractivity contribution in [3.05, 3.63) is 71.3 Å². The summed E-state index contributed by atoms with van der Waals surface area (Å²) in [5.74, 6) is 0.607. The Labute approximate surface area is 121 Å². The first kappa shape index (κ1) is 13.1. The molecular weight excluding hydrogens is 242 g/mol. The van der Waals surface area contributed by atoms with Crippen molar-refractivity contribution in [2.45, 2.75) is 32.1 Å². The van der Waals surface area contributed by atoms with Crippen LogP contribution in [0.1, 0.15) is 35.4 Å². The Balaban J connectivity index is 1.64. The molecule has 1 heterocycles. The van der Waals surface area contributed by atoms with E-state index in [0.717, 1.165) is 19.4 Å². The Hall–Kier alpha value is -1.89. The maximum absolute atomic E-state index is 4.82. The zero-order chi connectivity index (χ0) is 13.8. The number of hydrogen-bond acceptors (Lipinski definition) is 1. The smallest absolute Gasteiger partial charge is 0.0457 e. The average molecular weight is 263 g/mol. The van der Waals surface area contributed by atoms with E-state index in [2.05, 4.69) is 61.5 Å². The Morgan fingerprint density at radius 2 is 1.75 bits per heavy atom. The van der Waals surface area contributed by atoms with Gasteiger partial charge < -0.3 is 0 Å². The standard InChI is InChI=1S/C19H21N/c1-15-7-9-17(10-8-15)18-11-12-19(20-14-18)13-16-5-3-2-4-6-16/h2-10,18H,11-14H2,1H3. The Bertz CT molecular complexity index is 581. The Kier molecular flexibility index (Phi) is 3.96. The molecule has 0 radical (unpaired) electrons. The molecule has 20 heavy (non-hydrogen) atoms. The second-order valence-electron chi connectivity index (χ2n) is 5.72. The fourth-order valence-electron chi connectivity index (χ4n) is 2.84. The summed E-state index contributed by atoms with van der Waals surface area (Å²) < 4.78 is 0. The zero-order valence-electron chi connectivity index (χ0n) is 12.0. The second-order valence-corrected chi connectivity index (χ2v) is 5.72. The first-order chi connectivity index (χ1) is 9.81. The van der Waals surface area contributed by atoms with E-state index < -0.39 is 0 Å². The third-order valence-corrected chi connectivity index (χ3v) is 4.12. The first-order valence-corrected chi connectivity index (χ1v) is 7.44. The van der Waals surface area contributed by atoms with Gasteiger partial charge in [-0.05, 0) is 30.9 Å². The molecule has 1 aliphatic rings. The number of benzene rings is 2. The number of nitrogens with zero attached hydrogens (tertiary/aromatic N) is 1. The molecule has 0 fully saturated rings. The van der Waals surface area contributed by atoms with E-state index in [1.807, 2.05) is 0 Å². The van der Waals surface area contributed by atoms with Crippen molar-refractivity contribution in [3.63, 3.8) is 0 Å². The van der Waals surface area contributed by atoms with Gasteiger partial charge in [-0.15, -0.1) is 0 Å². The van der Waals surface area contributed by atoms with Crippen molar-refractivity contribution in [2.24, 2.45) is 4.99 Å². The summed E-state index contributed by atoms with van der Waals surface area (Å²) in [6, 6.07) is 19.6. The molecule has 2 aromatic carbocycles. The van der Waals surface area contributed by atoms with Crippen LogP contribution in [0.2, 0.25) is 0 Å². The monoisotopic (exact) mass is 263 g/mol. The molecule has 2 aromatic rings. The molecule has 0 saturated heterocycles. The van der Waals surface area contributed by atoms with Crippen LogP contribution in [0, 0.1) is 6.92 Å². The number of hydrogen-bond donors (Lipinski definition) is 0. The van der Waals surface area contributed by atoms with Gasteiger partial charge in [0.2, 0.25) is 0 Å². The average Bonchev–Trinajstić information content (AvgIpc) is 2.50. The van der Waals surface area contributed by atoms with Crippen LogP contribution >= 0.6 is 0 Å². The molecule has 1 nitrogen and oxygen atoms in total. The van der Waals surface area contributed by atoms with E-state index in [1.54, 1.807) is 0 Å². The maximum atomic E-state index is 4.82. The summed E-state index contributed by atoms with van der Waals surface area (Å²) in [4.78, 5) is 4.82. The van der Waals surface area contributed by atoms with Gasteiger partial charge >= 0.3 is 0 Å². The van der Waals surface area contributed by atoms with E-state index >= 15 is 0 Å². The van der Waals surface area contributed by atoms with Gasteiger partial charge in [-0.25, -0.2) is 0 Å². The number of aryl methyl sites for hydroxylation is 1. The Morgan fingerprint density at radius 3 is 2.40 bits per heavy atom. The second kappa shape index (κ2) is 6.04. The van der Waals surface area contributed by atoms with Gasteiger partial charge in [0, 0.05) is 24.6 Å². The van der Waals surface area contributed by atoms with E-state index in [4.69, 9.17) is 4.99 Å². The minimum atomic E-state index is 0.607. The molecule has 0 spiro atoms. The van der Waals surface area contributed by atoms with Crippen molar-refractivity contribution < 1.29 is 0 Å². The molecule has 0 bridgehead atoms. The normalized spacial score (nSPS) is 18.6. The van der Waals surface area contributed by atoms with Gasteiger partial charge in [0.15, 0.2) is 0 Å². The molecule has 1 heteroatoms. The van der Waals surface area contributed by atoms with Crippen LogP contribution < -0.4 is 0 Å². The Morgan fingerprint density at radius 1 is 1.00 bits per heavy atom. The van der Waals surface area contributed by atoms with Crippen LogP contribution in [0.4, 0.5) is 0 Å². The molecule has 0 amide bonds. The lowest BCUT2D eigenvalue weighted by molar-refractivity contribution is 0.622. The van der Waals surface area contributed by atoms with Crippen LogP contribution in [-0.4, -0.2) is 12.3 Å². The van der Waals surface area contributed by atoms with Crippen LogP contribution in [-0.2, 0) is 6.42 Å². The summed E-state index contributed by atoms with van der Waals surface area (Å²) in [6.07, 6.45) is 3.38. The topological polar surface area (TPSA) is 12.4 Å². The van der Waals surface area contributed by atoms with E-state index in [1.165, 1.54) is 28.8 Å². The summed E-state index contributed by atoms with van der Waals surface area (Å²) in [5.41, 5.74) is 5.51. The van der Waals surface area contributed by atoms with Crippen LogP contribution in [0.5, 0.6) is 0 Å². The van der Waals surface area contributed by atoms with Gasteiger partial charge in [-0.1, -0.05) is 60.2 Å². The van der Waals surface area contributed by atoms with Crippen molar-refractivity contribution in [1.29, 1.82) is 0 Å². The summed E-state index contributed by atoms with van der Waals surface area (Å²) in [7, 11) is 0. The molecule has 1 atom stereocenters. The molecule has 3 rings (SSSR count). The maximum Gasteiger partial charge on any atom is 0.0457 e. The molecular formula is C19H21N. The fourth-order valence-corrected chi connectivity index (χ4v) is 2.84. The molecule has 0 aliphatic carbocycles. The minimum Gasteiger partial charge on any atom is -0.293 e. The van der Waals surface area contributed by atoms with E-state index in [-0.39, 0.29) is 0 Å². The van der Waals surface area contributed by atoms with Crippen molar-refractivity contribution in [2.75, 3.05) is 6.54 Å². The summed E-state index contributed by atoms with van der Waals surface area (Å²) >= 11 is 0. The van der Waals surface area contributed by atoms with Crippen LogP contribution in [0.3, 0.4) is 0 Å². The van der Waals surface area contributed by atoms with Gasteiger partial charge in [-0.2, -0.15) is 0 Å². The zero-order valence-corrected chi connectivity index (χ0v) is 12.0. The minimum absolute atomic E-state index is 0.607. The SMILES string of the molecule is Cc1ccc(C2CCC(Cc3ccccc3)=NC2)cc1. The van der Waals surface area contributed by atoms with Crippen molar-refractivity contribution in [1.82, 2.24) is 0 Å². The van der Waals surface area contributed by atoms with E-state index in [9.17, 15) is 0 Å². The van der Waals surface area contributed by atoms with Gasteiger partial charge in [0.1, 0.15) is 0 Å². The number of rotatable bonds is 3. The highest BCUT2D eigenvalue weighted by Crippen LogP contribution is 2.26. The summed E-state index contributed by atoms with van der Waals surface area (Å²) in [5, 5.41) is 0. The van der Waals surface area contributed by atoms with Crippen molar-refractivity contribution >= 4 is 5.71 Å². The highest BCUT2D eigenvalue weighted by molar-refractivity contribution is 5.87. The number of aliphatic imine (C=N–C) groups is 1. The highest BCUT2D eigenvalue weighted by Gasteiger charge is 2.17. The molecule has 0 aromatic heterocycles. The first-order valence-electron chi connectivity index (χ1n) is 7.44. The lowest BCUT2D eigenvalue weighted by Crippen LogP contribution is -2.16. The van der Waals surface area contributed by atoms with E-state index in [0.29, 0.717) is 5.92 Å². The molecule has 1 unspecified atom stereocenters. The van der Waals surface area contributed by atoms with Crippen LogP contribution in [0.25, 0.3) is 0 Å². The van der Waals surface area contributed by atoms with Gasteiger partial charge in [-0.3, -0.25) is 4.99 Å². The largest absolute Gasteiger partial charge is 0.293 e. The predicted molar refractivity (Wildman–Crippen MR) is 85.6 cm³/mol. The third-order valence-electron chi connectivity index (χ3n) is 4.12. The molecule has 0 saturated carbocycles. The molecule has 1 aliphatic heterocycles.